The smallest absolute Gasteiger partial charge is 0.303 e. The van der Waals surface area contributed by atoms with Crippen molar-refractivity contribution in [1.82, 2.24) is 0 Å². The van der Waals surface area contributed by atoms with Crippen molar-refractivity contribution >= 4 is 39.8 Å². The maximum Gasteiger partial charge on any atom is 0.303 e. The highest BCUT2D eigenvalue weighted by atomic mass is 32.2. The summed E-state index contributed by atoms with van der Waals surface area (Å²) in [5, 5.41) is 0. The fourth-order valence-corrected chi connectivity index (χ4v) is 5.80. The summed E-state index contributed by atoms with van der Waals surface area (Å²) in [5.74, 6) is -1.15. The van der Waals surface area contributed by atoms with Crippen LogP contribution in [0.3, 0.4) is 0 Å². The second-order valence-corrected chi connectivity index (χ2v) is 12.7. The van der Waals surface area contributed by atoms with Crippen molar-refractivity contribution in [3.05, 3.63) is 64.7 Å². The minimum absolute atomic E-state index is 0.0548. The van der Waals surface area contributed by atoms with Gasteiger partial charge in [0, 0.05) is 27.2 Å². The molecule has 236 valence electrons. The van der Waals surface area contributed by atoms with Gasteiger partial charge in [0.2, 0.25) is 0 Å². The molecule has 2 aromatic carbocycles. The van der Waals surface area contributed by atoms with E-state index in [4.69, 9.17) is 27.9 Å². The van der Waals surface area contributed by atoms with Crippen LogP contribution in [0.1, 0.15) is 55.5 Å². The molecule has 1 aliphatic heterocycles. The maximum absolute atomic E-state index is 12.2. The molecule has 13 heteroatoms. The normalized spacial score (nSPS) is 22.0. The van der Waals surface area contributed by atoms with Crippen LogP contribution in [0, 0.1) is 6.92 Å². The standard InChI is InChI=1S/C30H38O11S2/c1-18-8-11-23(17-24(18)16-22-9-12-25(13-10-22)36-14-7-15-37-43(6,34)35)26-27(38-19(2)31)28(39-20(3)32)29(40-21(4)33)30(41-26)42-5/h8-13,17,26-30H,7,14-16H2,1-6H3/t26-,27-,28+,29-,30+/m0/s1. The van der Waals surface area contributed by atoms with Crippen LogP contribution in [-0.2, 0) is 54.1 Å². The maximum atomic E-state index is 12.2. The Hall–Kier alpha value is -3.13. The van der Waals surface area contributed by atoms with Gasteiger partial charge in [0.25, 0.3) is 10.1 Å². The molecule has 0 spiro atoms. The molecule has 0 amide bonds. The highest BCUT2D eigenvalue weighted by Gasteiger charge is 2.52. The van der Waals surface area contributed by atoms with E-state index in [1.807, 2.05) is 49.4 Å². The number of benzene rings is 2. The Morgan fingerprint density at radius 2 is 1.47 bits per heavy atom. The van der Waals surface area contributed by atoms with Crippen LogP contribution in [0.25, 0.3) is 0 Å². The van der Waals surface area contributed by atoms with Gasteiger partial charge in [0.05, 0.1) is 19.5 Å². The molecule has 43 heavy (non-hydrogen) atoms. The molecule has 1 saturated heterocycles. The van der Waals surface area contributed by atoms with E-state index >= 15 is 0 Å². The number of ether oxygens (including phenoxy) is 5. The summed E-state index contributed by atoms with van der Waals surface area (Å²) in [6, 6.07) is 13.4. The lowest BCUT2D eigenvalue weighted by Crippen LogP contribution is -2.57. The number of carbonyl (C=O) groups excluding carboxylic acids is 3. The zero-order valence-corrected chi connectivity index (χ0v) is 26.7. The van der Waals surface area contributed by atoms with Crippen LogP contribution in [0.2, 0.25) is 0 Å². The third-order valence-corrected chi connectivity index (χ3v) is 7.95. The van der Waals surface area contributed by atoms with E-state index in [2.05, 4.69) is 0 Å². The number of hydrogen-bond acceptors (Lipinski definition) is 12. The lowest BCUT2D eigenvalue weighted by atomic mass is 9.90. The lowest BCUT2D eigenvalue weighted by molar-refractivity contribution is -0.233. The van der Waals surface area contributed by atoms with Gasteiger partial charge in [-0.05, 0) is 54.0 Å². The Bertz CT molecular complexity index is 1370. The van der Waals surface area contributed by atoms with Crippen molar-refractivity contribution in [2.75, 3.05) is 25.7 Å². The lowest BCUT2D eigenvalue weighted by Gasteiger charge is -2.44. The Morgan fingerprint density at radius 1 is 0.860 bits per heavy atom. The van der Waals surface area contributed by atoms with E-state index < -0.39 is 57.9 Å². The molecule has 1 aliphatic rings. The van der Waals surface area contributed by atoms with Gasteiger partial charge in [0.1, 0.15) is 17.3 Å². The molecule has 0 aliphatic carbocycles. The van der Waals surface area contributed by atoms with Gasteiger partial charge in [-0.15, -0.1) is 11.8 Å². The minimum atomic E-state index is -3.47. The third kappa shape index (κ3) is 10.5. The van der Waals surface area contributed by atoms with Gasteiger partial charge >= 0.3 is 17.9 Å². The largest absolute Gasteiger partial charge is 0.494 e. The van der Waals surface area contributed by atoms with Gasteiger partial charge in [-0.3, -0.25) is 18.6 Å². The molecule has 3 rings (SSSR count). The third-order valence-electron chi connectivity index (χ3n) is 6.51. The molecule has 1 heterocycles. The van der Waals surface area contributed by atoms with Crippen LogP contribution in [0.4, 0.5) is 0 Å². The van der Waals surface area contributed by atoms with E-state index in [1.165, 1.54) is 32.5 Å². The number of carbonyl (C=O) groups is 3. The zero-order chi connectivity index (χ0) is 31.7. The van der Waals surface area contributed by atoms with E-state index in [1.54, 1.807) is 6.26 Å². The van der Waals surface area contributed by atoms with Crippen molar-refractivity contribution < 1.29 is 50.7 Å². The predicted octanol–water partition coefficient (Wildman–Crippen LogP) is 3.89. The molecule has 2 aromatic rings. The second-order valence-electron chi connectivity index (χ2n) is 10.1. The van der Waals surface area contributed by atoms with Crippen LogP contribution >= 0.6 is 11.8 Å². The number of aryl methyl sites for hydroxylation is 1. The predicted molar refractivity (Wildman–Crippen MR) is 159 cm³/mol. The molecule has 0 unspecified atom stereocenters. The van der Waals surface area contributed by atoms with E-state index in [9.17, 15) is 22.8 Å². The van der Waals surface area contributed by atoms with Gasteiger partial charge in [0.15, 0.2) is 18.3 Å². The van der Waals surface area contributed by atoms with Crippen LogP contribution in [0.15, 0.2) is 42.5 Å². The molecule has 0 bridgehead atoms. The van der Waals surface area contributed by atoms with Gasteiger partial charge in [-0.1, -0.05) is 30.3 Å². The molecular formula is C30H38O11S2. The minimum Gasteiger partial charge on any atom is -0.494 e. The van der Waals surface area contributed by atoms with Crippen molar-refractivity contribution in [2.24, 2.45) is 0 Å². The quantitative estimate of drug-likeness (QED) is 0.136. The first-order valence-corrected chi connectivity index (χ1v) is 16.7. The molecule has 5 atom stereocenters. The van der Waals surface area contributed by atoms with Gasteiger partial charge in [-0.25, -0.2) is 0 Å². The average molecular weight is 639 g/mol. The molecule has 0 saturated carbocycles. The summed E-state index contributed by atoms with van der Waals surface area (Å²) in [6.45, 7) is 6.09. The molecule has 0 radical (unpaired) electrons. The average Bonchev–Trinajstić information content (AvgIpc) is 2.91. The summed E-state index contributed by atoms with van der Waals surface area (Å²) in [4.78, 5) is 36.1. The Morgan fingerprint density at radius 3 is 2.05 bits per heavy atom. The second kappa shape index (κ2) is 15.6. The van der Waals surface area contributed by atoms with Crippen LogP contribution in [-0.4, -0.2) is 75.8 Å². The number of thioether (sulfide) groups is 1. The molecular weight excluding hydrogens is 600 g/mol. The van der Waals surface area contributed by atoms with Crippen LogP contribution in [0.5, 0.6) is 5.75 Å². The first kappa shape index (κ1) is 34.4. The summed E-state index contributed by atoms with van der Waals surface area (Å²) in [5.41, 5.74) is 3.07. The summed E-state index contributed by atoms with van der Waals surface area (Å²) in [7, 11) is -3.47. The Balaban J connectivity index is 1.82. The SMILES string of the molecule is CS[C@H]1O[C@@H](c2ccc(C)c(Cc3ccc(OCCCOS(C)(=O)=O)cc3)c2)[C@H](OC(C)=O)[C@@H](OC(C)=O)[C@@H]1OC(C)=O. The molecule has 11 nitrogen and oxygen atoms in total. The van der Waals surface area contributed by atoms with E-state index in [-0.39, 0.29) is 6.61 Å². The molecule has 0 aromatic heterocycles. The fourth-order valence-electron chi connectivity index (χ4n) is 4.67. The van der Waals surface area contributed by atoms with Gasteiger partial charge < -0.3 is 23.7 Å². The van der Waals surface area contributed by atoms with Crippen molar-refractivity contribution in [2.45, 2.75) is 70.4 Å². The molecule has 0 N–H and O–H groups in total. The number of rotatable bonds is 13. The van der Waals surface area contributed by atoms with Gasteiger partial charge in [-0.2, -0.15) is 8.42 Å². The fraction of sp³-hybridized carbons (Fsp3) is 0.500. The highest BCUT2D eigenvalue weighted by molar-refractivity contribution is 7.99. The Labute approximate surface area is 256 Å². The van der Waals surface area contributed by atoms with Crippen molar-refractivity contribution in [1.29, 1.82) is 0 Å². The zero-order valence-electron chi connectivity index (χ0n) is 25.1. The number of hydrogen-bond donors (Lipinski definition) is 0. The summed E-state index contributed by atoms with van der Waals surface area (Å²) < 4.78 is 55.6. The van der Waals surface area contributed by atoms with E-state index in [0.717, 1.165) is 22.9 Å². The van der Waals surface area contributed by atoms with E-state index in [0.29, 0.717) is 30.8 Å². The first-order valence-electron chi connectivity index (χ1n) is 13.6. The van der Waals surface area contributed by atoms with Crippen LogP contribution < -0.4 is 4.74 Å². The first-order chi connectivity index (χ1) is 20.3. The molecule has 1 fully saturated rings. The van der Waals surface area contributed by atoms with Crippen molar-refractivity contribution in [3.8, 4) is 5.75 Å². The number of esters is 3. The summed E-state index contributed by atoms with van der Waals surface area (Å²) >= 11 is 1.29. The topological polar surface area (TPSA) is 141 Å². The highest BCUT2D eigenvalue weighted by Crippen LogP contribution is 2.40. The monoisotopic (exact) mass is 638 g/mol. The Kier molecular flexibility index (Phi) is 12.4. The van der Waals surface area contributed by atoms with Crippen molar-refractivity contribution in [3.63, 3.8) is 0 Å². The summed E-state index contributed by atoms with van der Waals surface area (Å²) in [6.07, 6.45) is -0.147.